The van der Waals surface area contributed by atoms with Crippen LogP contribution in [0.3, 0.4) is 0 Å². The molecule has 2 rings (SSSR count). The molecule has 0 aliphatic heterocycles. The van der Waals surface area contributed by atoms with Crippen molar-refractivity contribution in [3.8, 4) is 0 Å². The van der Waals surface area contributed by atoms with Gasteiger partial charge in [-0.3, -0.25) is 4.79 Å². The molecule has 0 atom stereocenters. The molecule has 1 saturated carbocycles. The van der Waals surface area contributed by atoms with Crippen molar-refractivity contribution in [1.82, 2.24) is 5.32 Å². The quantitative estimate of drug-likeness (QED) is 0.836. The first kappa shape index (κ1) is 16.5. The molecule has 1 aromatic rings. The fourth-order valence-electron chi connectivity index (χ4n) is 3.22. The maximum Gasteiger partial charge on any atom is 0.249 e. The number of amides is 1. The summed E-state index contributed by atoms with van der Waals surface area (Å²) in [6.45, 7) is 7.97. The number of carbonyl (C=O) groups excluding carboxylic acids is 1. The lowest BCUT2D eigenvalue weighted by molar-refractivity contribution is 0.100. The van der Waals surface area contributed by atoms with E-state index >= 15 is 0 Å². The van der Waals surface area contributed by atoms with Gasteiger partial charge in [0, 0.05) is 22.8 Å². The number of nitrogens with one attached hydrogen (secondary N) is 1. The highest BCUT2D eigenvalue weighted by Crippen LogP contribution is 2.40. The summed E-state index contributed by atoms with van der Waals surface area (Å²) >= 11 is 1.61. The number of hydrogen-bond acceptors (Lipinski definition) is 3. The SMILES string of the molecule is CCC(C)(C)C1CCC(NCc2cc(C(N)=O)cs2)CC1. The van der Waals surface area contributed by atoms with Crippen LogP contribution in [0.15, 0.2) is 11.4 Å². The van der Waals surface area contributed by atoms with E-state index < -0.39 is 0 Å². The van der Waals surface area contributed by atoms with Crippen molar-refractivity contribution in [2.24, 2.45) is 17.1 Å². The zero-order valence-electron chi connectivity index (χ0n) is 13.4. The maximum atomic E-state index is 11.1. The summed E-state index contributed by atoms with van der Waals surface area (Å²) in [6.07, 6.45) is 6.45. The summed E-state index contributed by atoms with van der Waals surface area (Å²) in [5.74, 6) is 0.531. The topological polar surface area (TPSA) is 55.1 Å². The van der Waals surface area contributed by atoms with Crippen LogP contribution in [0.5, 0.6) is 0 Å². The van der Waals surface area contributed by atoms with E-state index in [4.69, 9.17) is 5.73 Å². The minimum Gasteiger partial charge on any atom is -0.366 e. The molecule has 21 heavy (non-hydrogen) atoms. The van der Waals surface area contributed by atoms with Gasteiger partial charge in [-0.1, -0.05) is 27.2 Å². The maximum absolute atomic E-state index is 11.1. The first-order valence-electron chi connectivity index (χ1n) is 8.03. The zero-order chi connectivity index (χ0) is 15.5. The second-order valence-corrected chi connectivity index (χ2v) is 7.93. The van der Waals surface area contributed by atoms with Crippen LogP contribution in [0, 0.1) is 11.3 Å². The predicted octanol–water partition coefficient (Wildman–Crippen LogP) is 3.93. The highest BCUT2D eigenvalue weighted by molar-refractivity contribution is 7.10. The van der Waals surface area contributed by atoms with Crippen LogP contribution >= 0.6 is 11.3 Å². The van der Waals surface area contributed by atoms with Crippen LogP contribution in [0.1, 0.15) is 68.1 Å². The Bertz CT molecular complexity index is 473. The summed E-state index contributed by atoms with van der Waals surface area (Å²) < 4.78 is 0. The highest BCUT2D eigenvalue weighted by atomic mass is 32.1. The Hall–Kier alpha value is -0.870. The third-order valence-electron chi connectivity index (χ3n) is 5.25. The molecule has 1 aromatic heterocycles. The summed E-state index contributed by atoms with van der Waals surface area (Å²) in [7, 11) is 0. The van der Waals surface area contributed by atoms with E-state index in [0.29, 0.717) is 17.0 Å². The third-order valence-corrected chi connectivity index (χ3v) is 6.18. The van der Waals surface area contributed by atoms with Gasteiger partial charge in [0.25, 0.3) is 0 Å². The molecule has 1 aliphatic rings. The van der Waals surface area contributed by atoms with Crippen LogP contribution in [-0.2, 0) is 6.54 Å². The molecule has 1 amide bonds. The first-order valence-corrected chi connectivity index (χ1v) is 8.91. The van der Waals surface area contributed by atoms with E-state index in [1.165, 1.54) is 37.0 Å². The van der Waals surface area contributed by atoms with Gasteiger partial charge in [-0.2, -0.15) is 0 Å². The Morgan fingerprint density at radius 1 is 1.38 bits per heavy atom. The second kappa shape index (κ2) is 6.93. The van der Waals surface area contributed by atoms with E-state index in [-0.39, 0.29) is 5.91 Å². The molecular formula is C17H28N2OS. The van der Waals surface area contributed by atoms with Crippen molar-refractivity contribution in [3.05, 3.63) is 21.9 Å². The second-order valence-electron chi connectivity index (χ2n) is 6.94. The number of carbonyl (C=O) groups is 1. The molecule has 1 aliphatic carbocycles. The Morgan fingerprint density at radius 3 is 2.57 bits per heavy atom. The van der Waals surface area contributed by atoms with Crippen molar-refractivity contribution < 1.29 is 4.79 Å². The van der Waals surface area contributed by atoms with E-state index in [1.807, 2.05) is 11.4 Å². The Balaban J connectivity index is 1.77. The summed E-state index contributed by atoms with van der Waals surface area (Å²) in [5, 5.41) is 5.49. The van der Waals surface area contributed by atoms with Gasteiger partial charge in [0.05, 0.1) is 5.56 Å². The molecule has 118 valence electrons. The van der Waals surface area contributed by atoms with Crippen molar-refractivity contribution in [2.45, 2.75) is 65.5 Å². The monoisotopic (exact) mass is 308 g/mol. The van der Waals surface area contributed by atoms with Crippen LogP contribution in [0.2, 0.25) is 0 Å². The summed E-state index contributed by atoms with van der Waals surface area (Å²) in [5.41, 5.74) is 6.39. The van der Waals surface area contributed by atoms with Crippen molar-refractivity contribution in [2.75, 3.05) is 0 Å². The van der Waals surface area contributed by atoms with Gasteiger partial charge in [0.15, 0.2) is 0 Å². The molecule has 0 bridgehead atoms. The molecule has 0 spiro atoms. The van der Waals surface area contributed by atoms with Gasteiger partial charge in [-0.05, 0) is 43.1 Å². The fourth-order valence-corrected chi connectivity index (χ4v) is 4.04. The van der Waals surface area contributed by atoms with E-state index in [0.717, 1.165) is 12.5 Å². The van der Waals surface area contributed by atoms with Crippen LogP contribution < -0.4 is 11.1 Å². The van der Waals surface area contributed by atoms with Crippen molar-refractivity contribution in [1.29, 1.82) is 0 Å². The minimum atomic E-state index is -0.334. The summed E-state index contributed by atoms with van der Waals surface area (Å²) in [6, 6.07) is 2.53. The van der Waals surface area contributed by atoms with Crippen molar-refractivity contribution in [3.63, 3.8) is 0 Å². The normalized spacial score (nSPS) is 23.2. The first-order chi connectivity index (χ1) is 9.92. The molecule has 0 saturated heterocycles. The number of rotatable bonds is 6. The lowest BCUT2D eigenvalue weighted by atomic mass is 9.69. The van der Waals surface area contributed by atoms with Gasteiger partial charge in [-0.25, -0.2) is 0 Å². The van der Waals surface area contributed by atoms with Gasteiger partial charge in [0.1, 0.15) is 0 Å². The average molecular weight is 308 g/mol. The van der Waals surface area contributed by atoms with Gasteiger partial charge in [-0.15, -0.1) is 11.3 Å². The lowest BCUT2D eigenvalue weighted by Crippen LogP contribution is -2.36. The smallest absolute Gasteiger partial charge is 0.249 e. The Kier molecular flexibility index (Phi) is 5.44. The van der Waals surface area contributed by atoms with Crippen LogP contribution in [0.4, 0.5) is 0 Å². The number of hydrogen-bond donors (Lipinski definition) is 2. The zero-order valence-corrected chi connectivity index (χ0v) is 14.3. The van der Waals surface area contributed by atoms with Gasteiger partial charge < -0.3 is 11.1 Å². The number of primary amides is 1. The van der Waals surface area contributed by atoms with E-state index in [1.54, 1.807) is 11.3 Å². The Labute approximate surface area is 132 Å². The van der Waals surface area contributed by atoms with Crippen molar-refractivity contribution >= 4 is 17.2 Å². The standard InChI is InChI=1S/C17H28N2OS/c1-4-17(2,3)13-5-7-14(8-6-13)19-10-15-9-12(11-21-15)16(18)20/h9,11,13-14,19H,4-8,10H2,1-3H3,(H2,18,20). The molecule has 4 heteroatoms. The molecular weight excluding hydrogens is 280 g/mol. The molecule has 1 heterocycles. The van der Waals surface area contributed by atoms with Crippen LogP contribution in [0.25, 0.3) is 0 Å². The molecule has 0 aromatic carbocycles. The number of nitrogens with two attached hydrogens (primary N) is 1. The third kappa shape index (κ3) is 4.30. The number of thiophene rings is 1. The molecule has 0 unspecified atom stereocenters. The molecule has 3 nitrogen and oxygen atoms in total. The van der Waals surface area contributed by atoms with Crippen LogP contribution in [-0.4, -0.2) is 11.9 Å². The minimum absolute atomic E-state index is 0.334. The lowest BCUT2D eigenvalue weighted by Gasteiger charge is -2.39. The molecule has 3 N–H and O–H groups in total. The van der Waals surface area contributed by atoms with E-state index in [2.05, 4.69) is 26.1 Å². The summed E-state index contributed by atoms with van der Waals surface area (Å²) in [4.78, 5) is 12.3. The molecule has 1 fully saturated rings. The van der Waals surface area contributed by atoms with Gasteiger partial charge in [0.2, 0.25) is 5.91 Å². The fraction of sp³-hybridized carbons (Fsp3) is 0.706. The molecule has 0 radical (unpaired) electrons. The van der Waals surface area contributed by atoms with Gasteiger partial charge >= 0.3 is 0 Å². The largest absolute Gasteiger partial charge is 0.366 e. The highest BCUT2D eigenvalue weighted by Gasteiger charge is 2.31. The Morgan fingerprint density at radius 2 is 2.05 bits per heavy atom. The average Bonchev–Trinajstić information content (AvgIpc) is 2.95. The van der Waals surface area contributed by atoms with E-state index in [9.17, 15) is 4.79 Å². The predicted molar refractivity (Wildman–Crippen MR) is 89.5 cm³/mol.